The highest BCUT2D eigenvalue weighted by Crippen LogP contribution is 2.34. The highest BCUT2D eigenvalue weighted by molar-refractivity contribution is 8.38. The number of hydrogen-bond donors (Lipinski definition) is 0. The zero-order valence-electron chi connectivity index (χ0n) is 9.64. The average Bonchev–Trinajstić information content (AvgIpc) is 2.38. The Hall–Kier alpha value is -0.590. The van der Waals surface area contributed by atoms with Gasteiger partial charge in [-0.1, -0.05) is 41.7 Å². The summed E-state index contributed by atoms with van der Waals surface area (Å²) >= 11 is 3.24. The van der Waals surface area contributed by atoms with E-state index in [9.17, 15) is 8.78 Å². The molecule has 1 aliphatic rings. The van der Waals surface area contributed by atoms with E-state index in [-0.39, 0.29) is 0 Å². The first-order chi connectivity index (χ1) is 8.75. The third-order valence-corrected chi connectivity index (χ3v) is 4.46. The highest BCUT2D eigenvalue weighted by Gasteiger charge is 2.12. The van der Waals surface area contributed by atoms with Crippen LogP contribution in [0.4, 0.5) is 14.5 Å². The van der Waals surface area contributed by atoms with Gasteiger partial charge in [-0.05, 0) is 11.6 Å². The third-order valence-electron chi connectivity index (χ3n) is 2.25. The summed E-state index contributed by atoms with van der Waals surface area (Å²) in [4.78, 5) is 4.52. The molecule has 0 aromatic heterocycles. The molecule has 1 aliphatic heterocycles. The van der Waals surface area contributed by atoms with Crippen molar-refractivity contribution in [2.24, 2.45) is 4.99 Å². The van der Waals surface area contributed by atoms with Crippen LogP contribution in [0.25, 0.3) is 0 Å². The zero-order valence-corrected chi connectivity index (χ0v) is 11.3. The summed E-state index contributed by atoms with van der Waals surface area (Å²) < 4.78 is 29.4. The van der Waals surface area contributed by atoms with Gasteiger partial charge in [0.05, 0.1) is 12.3 Å². The standard InChI is InChI=1S/C12H13F2NOS2/c13-11(14)7-16-5-6-17-12-15-10-4-2-1-3-9(10)8-18-12/h1-4,11H,5-8H2. The van der Waals surface area contributed by atoms with Crippen molar-refractivity contribution in [1.82, 2.24) is 0 Å². The lowest BCUT2D eigenvalue weighted by Gasteiger charge is -2.14. The van der Waals surface area contributed by atoms with Crippen molar-refractivity contribution in [3.63, 3.8) is 0 Å². The minimum absolute atomic E-state index is 0.330. The molecule has 0 atom stereocenters. The number of halogens is 2. The minimum Gasteiger partial charge on any atom is -0.375 e. The summed E-state index contributed by atoms with van der Waals surface area (Å²) in [5.41, 5.74) is 2.24. The molecule has 0 N–H and O–H groups in total. The van der Waals surface area contributed by atoms with Gasteiger partial charge in [-0.2, -0.15) is 0 Å². The number of hydrogen-bond acceptors (Lipinski definition) is 4. The number of para-hydroxylation sites is 1. The normalized spacial score (nSPS) is 14.5. The number of nitrogens with zero attached hydrogens (tertiary/aromatic N) is 1. The van der Waals surface area contributed by atoms with Crippen LogP contribution in [-0.4, -0.2) is 29.8 Å². The Kier molecular flexibility index (Phi) is 5.46. The second kappa shape index (κ2) is 7.11. The topological polar surface area (TPSA) is 21.6 Å². The largest absolute Gasteiger partial charge is 0.375 e. The second-order valence-electron chi connectivity index (χ2n) is 3.61. The molecule has 6 heteroatoms. The molecule has 0 amide bonds. The summed E-state index contributed by atoms with van der Waals surface area (Å²) in [6.07, 6.45) is -2.39. The molecule has 2 nitrogen and oxygen atoms in total. The number of rotatable bonds is 5. The third kappa shape index (κ3) is 4.26. The van der Waals surface area contributed by atoms with Crippen molar-refractivity contribution in [2.45, 2.75) is 12.2 Å². The van der Waals surface area contributed by atoms with Gasteiger partial charge < -0.3 is 4.74 Å². The van der Waals surface area contributed by atoms with Crippen LogP contribution >= 0.6 is 23.5 Å². The average molecular weight is 289 g/mol. The maximum Gasteiger partial charge on any atom is 0.261 e. The van der Waals surface area contributed by atoms with Gasteiger partial charge in [0, 0.05) is 11.5 Å². The van der Waals surface area contributed by atoms with E-state index in [2.05, 4.69) is 11.1 Å². The fourth-order valence-corrected chi connectivity index (χ4v) is 3.43. The molecule has 18 heavy (non-hydrogen) atoms. The zero-order chi connectivity index (χ0) is 12.8. The maximum absolute atomic E-state index is 11.8. The Bertz CT molecular complexity index is 426. The van der Waals surface area contributed by atoms with Gasteiger partial charge >= 0.3 is 0 Å². The van der Waals surface area contributed by atoms with E-state index < -0.39 is 13.0 Å². The predicted octanol–water partition coefficient (Wildman–Crippen LogP) is 3.94. The van der Waals surface area contributed by atoms with Crippen molar-refractivity contribution >= 4 is 33.6 Å². The van der Waals surface area contributed by atoms with Gasteiger partial charge in [-0.3, -0.25) is 0 Å². The highest BCUT2D eigenvalue weighted by atomic mass is 32.2. The molecule has 0 bridgehead atoms. The molecule has 0 saturated carbocycles. The first-order valence-corrected chi connectivity index (χ1v) is 7.51. The molecular formula is C12H13F2NOS2. The van der Waals surface area contributed by atoms with Crippen LogP contribution in [0.3, 0.4) is 0 Å². The van der Waals surface area contributed by atoms with E-state index in [1.54, 1.807) is 23.5 Å². The molecule has 0 unspecified atom stereocenters. The van der Waals surface area contributed by atoms with E-state index in [1.807, 2.05) is 18.2 Å². The number of ether oxygens (including phenoxy) is 1. The molecule has 0 aliphatic carbocycles. The van der Waals surface area contributed by atoms with Gasteiger partial charge in [0.2, 0.25) is 0 Å². The summed E-state index contributed by atoms with van der Waals surface area (Å²) in [6.45, 7) is -0.154. The predicted molar refractivity (Wildman–Crippen MR) is 74.1 cm³/mol. The molecule has 0 saturated heterocycles. The van der Waals surface area contributed by atoms with Crippen LogP contribution in [-0.2, 0) is 10.5 Å². The van der Waals surface area contributed by atoms with Crippen LogP contribution in [0.2, 0.25) is 0 Å². The maximum atomic E-state index is 11.8. The van der Waals surface area contributed by atoms with Crippen molar-refractivity contribution < 1.29 is 13.5 Å². The van der Waals surface area contributed by atoms with Gasteiger partial charge in [0.15, 0.2) is 0 Å². The molecule has 0 spiro atoms. The van der Waals surface area contributed by atoms with Crippen molar-refractivity contribution in [2.75, 3.05) is 19.0 Å². The Morgan fingerprint density at radius 2 is 2.22 bits per heavy atom. The number of benzene rings is 1. The fraction of sp³-hybridized carbons (Fsp3) is 0.417. The number of aliphatic imine (C=N–C) groups is 1. The van der Waals surface area contributed by atoms with Crippen LogP contribution in [0, 0.1) is 0 Å². The SMILES string of the molecule is FC(F)COCCSC1=Nc2ccccc2CS1. The van der Waals surface area contributed by atoms with Crippen LogP contribution in [0.15, 0.2) is 29.3 Å². The molecule has 0 radical (unpaired) electrons. The van der Waals surface area contributed by atoms with Gasteiger partial charge in [0.1, 0.15) is 11.0 Å². The number of alkyl halides is 2. The fourth-order valence-electron chi connectivity index (χ4n) is 1.45. The smallest absolute Gasteiger partial charge is 0.261 e. The molecule has 98 valence electrons. The monoisotopic (exact) mass is 289 g/mol. The molecule has 1 aromatic rings. The summed E-state index contributed by atoms with van der Waals surface area (Å²) in [6, 6.07) is 8.03. The molecule has 1 aromatic carbocycles. The first-order valence-electron chi connectivity index (χ1n) is 5.54. The van der Waals surface area contributed by atoms with Gasteiger partial charge in [-0.25, -0.2) is 13.8 Å². The lowest BCUT2D eigenvalue weighted by atomic mass is 10.2. The summed E-state index contributed by atoms with van der Waals surface area (Å²) in [5, 5.41) is 0. The lowest BCUT2D eigenvalue weighted by Crippen LogP contribution is -2.07. The molecule has 1 heterocycles. The van der Waals surface area contributed by atoms with Crippen LogP contribution in [0.1, 0.15) is 5.56 Å². The second-order valence-corrected chi connectivity index (χ2v) is 5.92. The van der Waals surface area contributed by atoms with Crippen molar-refractivity contribution in [3.05, 3.63) is 29.8 Å². The Balaban J connectivity index is 1.76. The van der Waals surface area contributed by atoms with E-state index >= 15 is 0 Å². The number of thioether (sulfide) groups is 2. The van der Waals surface area contributed by atoms with Crippen molar-refractivity contribution in [1.29, 1.82) is 0 Å². The molecular weight excluding hydrogens is 276 g/mol. The first kappa shape index (κ1) is 13.8. The summed E-state index contributed by atoms with van der Waals surface area (Å²) in [5.74, 6) is 1.57. The molecule has 2 rings (SSSR count). The Morgan fingerprint density at radius 1 is 1.39 bits per heavy atom. The van der Waals surface area contributed by atoms with Gasteiger partial charge in [-0.15, -0.1) is 0 Å². The van der Waals surface area contributed by atoms with E-state index in [0.717, 1.165) is 15.8 Å². The van der Waals surface area contributed by atoms with Gasteiger partial charge in [0.25, 0.3) is 6.43 Å². The minimum atomic E-state index is -2.39. The van der Waals surface area contributed by atoms with E-state index in [0.29, 0.717) is 12.4 Å². The Morgan fingerprint density at radius 3 is 3.06 bits per heavy atom. The lowest BCUT2D eigenvalue weighted by molar-refractivity contribution is 0.0238. The summed E-state index contributed by atoms with van der Waals surface area (Å²) in [7, 11) is 0. The Labute approximate surface area is 113 Å². The van der Waals surface area contributed by atoms with E-state index in [1.165, 1.54) is 5.56 Å². The van der Waals surface area contributed by atoms with Crippen LogP contribution < -0.4 is 0 Å². The number of fused-ring (bicyclic) bond motifs is 1. The molecule has 0 fully saturated rings. The van der Waals surface area contributed by atoms with Crippen LogP contribution in [0.5, 0.6) is 0 Å². The van der Waals surface area contributed by atoms with E-state index in [4.69, 9.17) is 4.74 Å². The quantitative estimate of drug-likeness (QED) is 0.766. The van der Waals surface area contributed by atoms with Crippen molar-refractivity contribution in [3.8, 4) is 0 Å².